The van der Waals surface area contributed by atoms with E-state index in [4.69, 9.17) is 0 Å². The number of carbonyl (C=O) groups excluding carboxylic acids is 1. The van der Waals surface area contributed by atoms with Crippen molar-refractivity contribution in [3.05, 3.63) is 18.3 Å². The van der Waals surface area contributed by atoms with Crippen LogP contribution >= 0.6 is 0 Å². The molecule has 2 aliphatic heterocycles. The second kappa shape index (κ2) is 7.90. The van der Waals surface area contributed by atoms with Crippen molar-refractivity contribution in [2.24, 2.45) is 5.92 Å². The minimum atomic E-state index is -0.0850. The molecule has 1 aromatic heterocycles. The van der Waals surface area contributed by atoms with Crippen LogP contribution in [-0.2, 0) is 4.79 Å². The van der Waals surface area contributed by atoms with E-state index in [1.807, 2.05) is 17.0 Å². The third-order valence-electron chi connectivity index (χ3n) is 4.77. The molecule has 0 bridgehead atoms. The van der Waals surface area contributed by atoms with E-state index in [1.165, 1.54) is 0 Å². The van der Waals surface area contributed by atoms with Crippen LogP contribution in [0, 0.1) is 5.92 Å². The lowest BCUT2D eigenvalue weighted by molar-refractivity contribution is -0.134. The number of carbonyl (C=O) groups is 1. The highest BCUT2D eigenvalue weighted by Crippen LogP contribution is 2.19. The van der Waals surface area contributed by atoms with Crippen LogP contribution in [0.25, 0.3) is 0 Å². The molecule has 2 saturated heterocycles. The van der Waals surface area contributed by atoms with Gasteiger partial charge < -0.3 is 10.2 Å². The van der Waals surface area contributed by atoms with Crippen LogP contribution < -0.4 is 16.2 Å². The number of aromatic nitrogens is 2. The van der Waals surface area contributed by atoms with Gasteiger partial charge in [-0.15, -0.1) is 5.10 Å². The maximum Gasteiger partial charge on any atom is 0.241 e. The molecule has 2 fully saturated rings. The van der Waals surface area contributed by atoms with E-state index in [2.05, 4.69) is 40.2 Å². The minimum absolute atomic E-state index is 0.0850. The van der Waals surface area contributed by atoms with Gasteiger partial charge in [0, 0.05) is 31.4 Å². The van der Waals surface area contributed by atoms with Gasteiger partial charge in [0.05, 0.1) is 0 Å². The number of hydrazine groups is 1. The zero-order chi connectivity index (χ0) is 16.9. The Morgan fingerprint density at radius 3 is 2.83 bits per heavy atom. The molecule has 3 rings (SSSR count). The van der Waals surface area contributed by atoms with Gasteiger partial charge >= 0.3 is 0 Å². The number of anilines is 1. The highest BCUT2D eigenvalue weighted by Gasteiger charge is 2.33. The lowest BCUT2D eigenvalue weighted by Gasteiger charge is -2.33. The molecule has 7 nitrogen and oxygen atoms in total. The van der Waals surface area contributed by atoms with E-state index in [-0.39, 0.29) is 11.9 Å². The summed E-state index contributed by atoms with van der Waals surface area (Å²) in [4.78, 5) is 14.7. The van der Waals surface area contributed by atoms with Gasteiger partial charge in [0.25, 0.3) is 0 Å². The normalized spacial score (nSPS) is 25.2. The first-order chi connectivity index (χ1) is 11.6. The zero-order valence-electron chi connectivity index (χ0n) is 14.5. The van der Waals surface area contributed by atoms with Crippen LogP contribution in [0.3, 0.4) is 0 Å². The van der Waals surface area contributed by atoms with Gasteiger partial charge in [-0.3, -0.25) is 10.2 Å². The van der Waals surface area contributed by atoms with Gasteiger partial charge in [-0.25, -0.2) is 5.43 Å². The number of rotatable bonds is 5. The summed E-state index contributed by atoms with van der Waals surface area (Å²) in [5, 5.41) is 11.3. The highest BCUT2D eigenvalue weighted by molar-refractivity contribution is 5.82. The first kappa shape index (κ1) is 17.1. The predicted molar refractivity (Wildman–Crippen MR) is 93.2 cm³/mol. The molecule has 3 heterocycles. The van der Waals surface area contributed by atoms with Crippen molar-refractivity contribution in [1.82, 2.24) is 25.9 Å². The Bertz CT molecular complexity index is 529. The molecule has 1 aromatic rings. The largest absolute Gasteiger partial charge is 0.366 e. The Labute approximate surface area is 143 Å². The first-order valence-corrected chi connectivity index (χ1v) is 8.96. The predicted octanol–water partition coefficient (Wildman–Crippen LogP) is 1.16. The summed E-state index contributed by atoms with van der Waals surface area (Å²) in [6.45, 7) is 6.02. The topological polar surface area (TPSA) is 82.2 Å². The Morgan fingerprint density at radius 2 is 2.17 bits per heavy atom. The fourth-order valence-corrected chi connectivity index (χ4v) is 3.56. The standard InChI is InChI=1S/C17H28N6O/c1-12(2)10-14-11-15(21-20-14)17(24)23-8-5-13(6-9-23)19-16-4-3-7-18-22-16/h3-4,7,12-15,20-21H,5-6,8-11H2,1-2H3,(H,19,22). The lowest BCUT2D eigenvalue weighted by atomic mass is 9.98. The molecule has 24 heavy (non-hydrogen) atoms. The Hall–Kier alpha value is -1.73. The molecule has 2 unspecified atom stereocenters. The molecule has 2 aliphatic rings. The molecule has 0 spiro atoms. The summed E-state index contributed by atoms with van der Waals surface area (Å²) in [5.74, 6) is 1.67. The highest BCUT2D eigenvalue weighted by atomic mass is 16.2. The summed E-state index contributed by atoms with van der Waals surface area (Å²) >= 11 is 0. The zero-order valence-corrected chi connectivity index (χ0v) is 14.5. The summed E-state index contributed by atoms with van der Waals surface area (Å²) in [5.41, 5.74) is 6.46. The third-order valence-corrected chi connectivity index (χ3v) is 4.77. The van der Waals surface area contributed by atoms with Crippen LogP contribution in [0.2, 0.25) is 0 Å². The molecule has 132 valence electrons. The van der Waals surface area contributed by atoms with E-state index >= 15 is 0 Å². The van der Waals surface area contributed by atoms with E-state index in [0.29, 0.717) is 18.0 Å². The monoisotopic (exact) mass is 332 g/mol. The van der Waals surface area contributed by atoms with E-state index in [9.17, 15) is 4.79 Å². The molecule has 0 aliphatic carbocycles. The van der Waals surface area contributed by atoms with Crippen LogP contribution in [0.5, 0.6) is 0 Å². The smallest absolute Gasteiger partial charge is 0.241 e. The average molecular weight is 332 g/mol. The number of hydrogen-bond donors (Lipinski definition) is 3. The van der Waals surface area contributed by atoms with Gasteiger partial charge in [-0.05, 0) is 43.7 Å². The molecule has 0 radical (unpaired) electrons. The summed E-state index contributed by atoms with van der Waals surface area (Å²) in [6.07, 6.45) is 5.53. The van der Waals surface area contributed by atoms with Crippen molar-refractivity contribution in [3.8, 4) is 0 Å². The number of piperidine rings is 1. The Balaban J connectivity index is 1.44. The number of likely N-dealkylation sites (tertiary alicyclic amines) is 1. The fourth-order valence-electron chi connectivity index (χ4n) is 3.56. The number of nitrogens with one attached hydrogen (secondary N) is 3. The van der Waals surface area contributed by atoms with Crippen molar-refractivity contribution >= 4 is 11.7 Å². The quantitative estimate of drug-likeness (QED) is 0.751. The van der Waals surface area contributed by atoms with E-state index in [0.717, 1.165) is 44.6 Å². The minimum Gasteiger partial charge on any atom is -0.366 e. The molecule has 3 N–H and O–H groups in total. The van der Waals surface area contributed by atoms with Crippen LogP contribution in [0.1, 0.15) is 39.5 Å². The number of amides is 1. The Kier molecular flexibility index (Phi) is 5.63. The fraction of sp³-hybridized carbons (Fsp3) is 0.706. The van der Waals surface area contributed by atoms with Crippen molar-refractivity contribution in [2.45, 2.75) is 57.7 Å². The van der Waals surface area contributed by atoms with Crippen LogP contribution in [-0.4, -0.2) is 52.2 Å². The Morgan fingerprint density at radius 1 is 1.38 bits per heavy atom. The molecule has 2 atom stereocenters. The molecular formula is C17H28N6O. The third kappa shape index (κ3) is 4.42. The summed E-state index contributed by atoms with van der Waals surface area (Å²) in [6, 6.07) is 4.47. The summed E-state index contributed by atoms with van der Waals surface area (Å²) < 4.78 is 0. The first-order valence-electron chi connectivity index (χ1n) is 8.96. The van der Waals surface area contributed by atoms with E-state index < -0.39 is 0 Å². The maximum atomic E-state index is 12.7. The van der Waals surface area contributed by atoms with Crippen molar-refractivity contribution in [1.29, 1.82) is 0 Å². The van der Waals surface area contributed by atoms with Gasteiger partial charge in [0.1, 0.15) is 11.9 Å². The number of hydrogen-bond acceptors (Lipinski definition) is 6. The van der Waals surface area contributed by atoms with Gasteiger partial charge in [-0.1, -0.05) is 13.8 Å². The molecule has 1 amide bonds. The molecule has 0 saturated carbocycles. The van der Waals surface area contributed by atoms with Crippen LogP contribution in [0.15, 0.2) is 18.3 Å². The second-order valence-corrected chi connectivity index (χ2v) is 7.26. The summed E-state index contributed by atoms with van der Waals surface area (Å²) in [7, 11) is 0. The van der Waals surface area contributed by atoms with Gasteiger partial charge in [-0.2, -0.15) is 5.10 Å². The van der Waals surface area contributed by atoms with Crippen molar-refractivity contribution < 1.29 is 4.79 Å². The van der Waals surface area contributed by atoms with Gasteiger partial charge in [0.15, 0.2) is 0 Å². The maximum absolute atomic E-state index is 12.7. The lowest BCUT2D eigenvalue weighted by Crippen LogP contribution is -2.50. The van der Waals surface area contributed by atoms with Crippen LogP contribution in [0.4, 0.5) is 5.82 Å². The molecular weight excluding hydrogens is 304 g/mol. The van der Waals surface area contributed by atoms with Crippen molar-refractivity contribution in [3.63, 3.8) is 0 Å². The van der Waals surface area contributed by atoms with Crippen molar-refractivity contribution in [2.75, 3.05) is 18.4 Å². The average Bonchev–Trinajstić information content (AvgIpc) is 3.03. The second-order valence-electron chi connectivity index (χ2n) is 7.26. The molecule has 0 aromatic carbocycles. The SMILES string of the molecule is CC(C)CC1CC(C(=O)N2CCC(Nc3cccnn3)CC2)NN1. The number of nitrogens with zero attached hydrogens (tertiary/aromatic N) is 3. The van der Waals surface area contributed by atoms with Gasteiger partial charge in [0.2, 0.25) is 5.91 Å². The van der Waals surface area contributed by atoms with E-state index in [1.54, 1.807) is 6.20 Å². The molecule has 7 heteroatoms.